The van der Waals surface area contributed by atoms with E-state index in [1.807, 2.05) is 0 Å². The first-order valence-electron chi connectivity index (χ1n) is 3.33. The quantitative estimate of drug-likeness (QED) is 0.207. The summed E-state index contributed by atoms with van der Waals surface area (Å²) in [6, 6.07) is 0. The van der Waals surface area contributed by atoms with Crippen LogP contribution < -0.4 is 17.0 Å². The van der Waals surface area contributed by atoms with E-state index in [1.165, 1.54) is 6.33 Å². The van der Waals surface area contributed by atoms with Gasteiger partial charge < -0.3 is 5.73 Å². The highest BCUT2D eigenvalue weighted by Gasteiger charge is 1.97. The minimum absolute atomic E-state index is 0.179. The molecule has 5 N–H and O–H groups in total. The van der Waals surface area contributed by atoms with Gasteiger partial charge in [-0.1, -0.05) is 0 Å². The summed E-state index contributed by atoms with van der Waals surface area (Å²) >= 11 is 0. The van der Waals surface area contributed by atoms with Crippen molar-refractivity contribution in [1.82, 2.24) is 20.2 Å². The number of aliphatic imine (C=N–C) groups is 1. The second-order valence-corrected chi connectivity index (χ2v) is 2.15. The van der Waals surface area contributed by atoms with Crippen LogP contribution in [0.5, 0.6) is 0 Å². The smallest absolute Gasteiger partial charge is 0.203 e. The number of hydrogen-bond donors (Lipinski definition) is 3. The molecular weight excluding hydrogens is 158 g/mol. The summed E-state index contributed by atoms with van der Waals surface area (Å²) in [5.74, 6) is 5.91. The molecule has 0 amide bonds. The number of aromatic nitrogens is 3. The van der Waals surface area contributed by atoms with Gasteiger partial charge in [-0.15, -0.1) is 0 Å². The molecule has 0 aliphatic rings. The number of aryl methyl sites for hydroxylation is 1. The van der Waals surface area contributed by atoms with Crippen molar-refractivity contribution in [2.45, 2.75) is 6.54 Å². The summed E-state index contributed by atoms with van der Waals surface area (Å²) in [7, 11) is 1.78. The van der Waals surface area contributed by atoms with Crippen molar-refractivity contribution < 1.29 is 0 Å². The van der Waals surface area contributed by atoms with Crippen molar-refractivity contribution in [1.29, 1.82) is 0 Å². The van der Waals surface area contributed by atoms with E-state index in [2.05, 4.69) is 20.5 Å². The van der Waals surface area contributed by atoms with Crippen molar-refractivity contribution in [3.8, 4) is 0 Å². The van der Waals surface area contributed by atoms with Crippen LogP contribution in [0.1, 0.15) is 5.82 Å². The van der Waals surface area contributed by atoms with E-state index in [0.29, 0.717) is 6.54 Å². The Morgan fingerprint density at radius 3 is 3.08 bits per heavy atom. The number of guanidine groups is 1. The third kappa shape index (κ3) is 1.92. The van der Waals surface area contributed by atoms with Crippen molar-refractivity contribution in [2.75, 3.05) is 0 Å². The van der Waals surface area contributed by atoms with Gasteiger partial charge in [-0.25, -0.2) is 15.8 Å². The SMILES string of the molecule is Cn1ncnc1CN=C(N)NN. The molecule has 1 aromatic rings. The molecule has 0 aliphatic carbocycles. The lowest BCUT2D eigenvalue weighted by Gasteiger charge is -1.97. The van der Waals surface area contributed by atoms with E-state index < -0.39 is 0 Å². The molecule has 7 nitrogen and oxygen atoms in total. The normalized spacial score (nSPS) is 11.7. The Kier molecular flexibility index (Phi) is 2.59. The average Bonchev–Trinajstić information content (AvgIpc) is 2.47. The maximum absolute atomic E-state index is 5.30. The molecule has 66 valence electrons. The van der Waals surface area contributed by atoms with Crippen molar-refractivity contribution in [2.24, 2.45) is 23.6 Å². The van der Waals surface area contributed by atoms with Gasteiger partial charge in [0, 0.05) is 7.05 Å². The Hall–Kier alpha value is -1.63. The lowest BCUT2D eigenvalue weighted by Crippen LogP contribution is -2.37. The lowest BCUT2D eigenvalue weighted by molar-refractivity contribution is 0.701. The predicted molar refractivity (Wildman–Crippen MR) is 43.7 cm³/mol. The summed E-state index contributed by atoms with van der Waals surface area (Å²) in [5, 5.41) is 3.86. The number of hydrazine groups is 1. The molecule has 0 spiro atoms. The third-order valence-corrected chi connectivity index (χ3v) is 1.34. The summed E-state index contributed by atoms with van der Waals surface area (Å²) in [4.78, 5) is 7.82. The van der Waals surface area contributed by atoms with Crippen LogP contribution in [0.4, 0.5) is 0 Å². The zero-order valence-corrected chi connectivity index (χ0v) is 6.73. The van der Waals surface area contributed by atoms with Gasteiger partial charge >= 0.3 is 0 Å². The Morgan fingerprint density at radius 2 is 2.58 bits per heavy atom. The van der Waals surface area contributed by atoms with E-state index in [1.54, 1.807) is 11.7 Å². The van der Waals surface area contributed by atoms with Crippen LogP contribution in [0.2, 0.25) is 0 Å². The average molecular weight is 169 g/mol. The van der Waals surface area contributed by atoms with E-state index in [9.17, 15) is 0 Å². The highest BCUT2D eigenvalue weighted by molar-refractivity contribution is 5.76. The Balaban J connectivity index is 2.59. The zero-order chi connectivity index (χ0) is 8.97. The number of nitrogens with zero attached hydrogens (tertiary/aromatic N) is 4. The van der Waals surface area contributed by atoms with Crippen LogP contribution in [-0.2, 0) is 13.6 Å². The second-order valence-electron chi connectivity index (χ2n) is 2.15. The molecule has 0 aliphatic heterocycles. The van der Waals surface area contributed by atoms with Gasteiger partial charge in [0.05, 0.1) is 0 Å². The second kappa shape index (κ2) is 3.67. The topological polar surface area (TPSA) is 107 Å². The lowest BCUT2D eigenvalue weighted by atomic mass is 10.6. The van der Waals surface area contributed by atoms with Crippen LogP contribution >= 0.6 is 0 Å². The van der Waals surface area contributed by atoms with E-state index in [-0.39, 0.29) is 5.96 Å². The van der Waals surface area contributed by atoms with Gasteiger partial charge in [0.25, 0.3) is 0 Å². The fraction of sp³-hybridized carbons (Fsp3) is 0.400. The van der Waals surface area contributed by atoms with Gasteiger partial charge in [0.2, 0.25) is 5.96 Å². The summed E-state index contributed by atoms with van der Waals surface area (Å²) in [5.41, 5.74) is 7.51. The van der Waals surface area contributed by atoms with Crippen molar-refractivity contribution >= 4 is 5.96 Å². The van der Waals surface area contributed by atoms with E-state index in [4.69, 9.17) is 11.6 Å². The Morgan fingerprint density at radius 1 is 1.83 bits per heavy atom. The first kappa shape index (κ1) is 8.47. The molecular formula is C5H11N7. The molecule has 0 saturated heterocycles. The molecule has 7 heteroatoms. The summed E-state index contributed by atoms with van der Waals surface area (Å²) in [6.45, 7) is 0.368. The van der Waals surface area contributed by atoms with Gasteiger partial charge in [-0.05, 0) is 0 Å². The molecule has 1 aromatic heterocycles. The van der Waals surface area contributed by atoms with Gasteiger partial charge in [0.15, 0.2) is 0 Å². The Bertz CT molecular complexity index is 275. The molecule has 0 bridgehead atoms. The van der Waals surface area contributed by atoms with Crippen LogP contribution in [0.3, 0.4) is 0 Å². The molecule has 0 aromatic carbocycles. The molecule has 0 fully saturated rings. The first-order chi connectivity index (χ1) is 5.74. The van der Waals surface area contributed by atoms with Crippen LogP contribution in [0.25, 0.3) is 0 Å². The molecule has 0 saturated carbocycles. The predicted octanol–water partition coefficient (Wildman–Crippen LogP) is -1.91. The fourth-order valence-electron chi connectivity index (χ4n) is 0.665. The highest BCUT2D eigenvalue weighted by atomic mass is 15.3. The minimum Gasteiger partial charge on any atom is -0.369 e. The van der Waals surface area contributed by atoms with Crippen molar-refractivity contribution in [3.63, 3.8) is 0 Å². The van der Waals surface area contributed by atoms with Crippen LogP contribution in [0, 0.1) is 0 Å². The summed E-state index contributed by atoms with van der Waals surface area (Å²) < 4.78 is 1.62. The maximum atomic E-state index is 5.30. The van der Waals surface area contributed by atoms with Gasteiger partial charge in [0.1, 0.15) is 18.7 Å². The monoisotopic (exact) mass is 169 g/mol. The standard InChI is InChI=1S/C5H11N7/c1-12-4(9-3-10-12)2-8-5(6)11-7/h3H,2,7H2,1H3,(H3,6,8,11). The van der Waals surface area contributed by atoms with Crippen LogP contribution in [0.15, 0.2) is 11.3 Å². The van der Waals surface area contributed by atoms with E-state index >= 15 is 0 Å². The number of hydrogen-bond acceptors (Lipinski definition) is 4. The van der Waals surface area contributed by atoms with Crippen LogP contribution in [-0.4, -0.2) is 20.7 Å². The number of nitrogens with one attached hydrogen (secondary N) is 1. The largest absolute Gasteiger partial charge is 0.369 e. The zero-order valence-electron chi connectivity index (χ0n) is 6.73. The fourth-order valence-corrected chi connectivity index (χ4v) is 0.665. The molecule has 1 heterocycles. The van der Waals surface area contributed by atoms with Crippen molar-refractivity contribution in [3.05, 3.63) is 12.2 Å². The van der Waals surface area contributed by atoms with Gasteiger partial charge in [-0.2, -0.15) is 5.10 Å². The summed E-state index contributed by atoms with van der Waals surface area (Å²) in [6.07, 6.45) is 1.46. The number of rotatable bonds is 2. The molecule has 0 radical (unpaired) electrons. The molecule has 0 unspecified atom stereocenters. The molecule has 1 rings (SSSR count). The van der Waals surface area contributed by atoms with Gasteiger partial charge in [-0.3, -0.25) is 10.1 Å². The molecule has 0 atom stereocenters. The van der Waals surface area contributed by atoms with E-state index in [0.717, 1.165) is 5.82 Å². The highest BCUT2D eigenvalue weighted by Crippen LogP contribution is 1.91. The minimum atomic E-state index is 0.179. The first-order valence-corrected chi connectivity index (χ1v) is 3.33. The third-order valence-electron chi connectivity index (χ3n) is 1.34. The maximum Gasteiger partial charge on any atom is 0.203 e. The Labute approximate surface area is 69.4 Å². The number of nitrogens with two attached hydrogens (primary N) is 2. The molecule has 12 heavy (non-hydrogen) atoms.